The number of carbonyl (C=O) groups excluding carboxylic acids is 2. The van der Waals surface area contributed by atoms with Crippen LogP contribution in [0.4, 0.5) is 18.3 Å². The molecule has 0 aromatic carbocycles. The smallest absolute Gasteiger partial charge is 0.476 e. The second-order valence-corrected chi connectivity index (χ2v) is 8.69. The van der Waals surface area contributed by atoms with Crippen LogP contribution in [-0.4, -0.2) is 68.9 Å². The van der Waals surface area contributed by atoms with Crippen molar-refractivity contribution in [3.63, 3.8) is 0 Å². The van der Waals surface area contributed by atoms with E-state index >= 15 is 0 Å². The molecule has 0 aliphatic carbocycles. The third kappa shape index (κ3) is 4.31. The average molecular weight is 508 g/mol. The van der Waals surface area contributed by atoms with Crippen molar-refractivity contribution >= 4 is 50.3 Å². The van der Waals surface area contributed by atoms with Crippen LogP contribution in [-0.2, 0) is 28.7 Å². The quantitative estimate of drug-likeness (QED) is 0.143. The van der Waals surface area contributed by atoms with Crippen LogP contribution in [0.15, 0.2) is 16.4 Å². The van der Waals surface area contributed by atoms with Crippen LogP contribution in [0.1, 0.15) is 18.7 Å². The largest absolute Gasteiger partial charge is 0.534 e. The zero-order valence-electron chi connectivity index (χ0n) is 15.9. The van der Waals surface area contributed by atoms with E-state index in [0.29, 0.717) is 4.90 Å². The number of carbonyl (C=O) groups is 3. The van der Waals surface area contributed by atoms with E-state index in [1.54, 1.807) is 0 Å². The van der Waals surface area contributed by atoms with Crippen LogP contribution in [0, 0.1) is 12.5 Å². The molecule has 0 saturated carbocycles. The summed E-state index contributed by atoms with van der Waals surface area (Å²) in [7, 11) is -6.16. The molecule has 1 aromatic rings. The van der Waals surface area contributed by atoms with Crippen molar-refractivity contribution in [2.75, 3.05) is 5.73 Å². The fraction of sp³-hybridized carbons (Fsp3) is 0.333. The Balaban J connectivity index is 1.84. The molecule has 2 atom stereocenters. The second-order valence-electron chi connectivity index (χ2n) is 6.37. The Morgan fingerprint density at radius 3 is 2.61 bits per heavy atom. The lowest BCUT2D eigenvalue weighted by molar-refractivity contribution is -0.156. The normalized spacial score (nSPS) is 21.1. The zero-order chi connectivity index (χ0) is 24.7. The monoisotopic (exact) mass is 508 g/mol. The van der Waals surface area contributed by atoms with Crippen molar-refractivity contribution in [2.45, 2.75) is 30.4 Å². The first-order valence-corrected chi connectivity index (χ1v) is 10.7. The maximum Gasteiger partial charge on any atom is 0.534 e. The number of nitrogens with zero attached hydrogens (tertiary/aromatic N) is 4. The lowest BCUT2D eigenvalue weighted by Gasteiger charge is -2.49. The minimum Gasteiger partial charge on any atom is -0.476 e. The number of anilines is 1. The summed E-state index contributed by atoms with van der Waals surface area (Å²) in [4.78, 5) is 44.5. The van der Waals surface area contributed by atoms with Crippen LogP contribution >= 0.6 is 11.5 Å². The van der Waals surface area contributed by atoms with Gasteiger partial charge in [-0.3, -0.25) is 14.5 Å². The molecule has 1 aromatic heterocycles. The van der Waals surface area contributed by atoms with E-state index in [4.69, 9.17) is 12.2 Å². The molecular formula is C15H11F3N6O7S2. The maximum atomic E-state index is 12.6. The average Bonchev–Trinajstić information content (AvgIpc) is 3.14. The highest BCUT2D eigenvalue weighted by Crippen LogP contribution is 2.39. The fourth-order valence-electron chi connectivity index (χ4n) is 3.10. The van der Waals surface area contributed by atoms with Crippen LogP contribution in [0.3, 0.4) is 0 Å². The molecule has 4 N–H and O–H groups in total. The summed E-state index contributed by atoms with van der Waals surface area (Å²) in [6.45, 7) is 0. The number of hydrogen-bond donors (Lipinski definition) is 3. The van der Waals surface area contributed by atoms with Gasteiger partial charge in [-0.2, -0.15) is 35.9 Å². The Morgan fingerprint density at radius 1 is 1.42 bits per heavy atom. The van der Waals surface area contributed by atoms with Crippen molar-refractivity contribution < 1.29 is 45.3 Å². The maximum absolute atomic E-state index is 12.6. The Hall–Kier alpha value is -3.72. The summed E-state index contributed by atoms with van der Waals surface area (Å²) in [5.41, 5.74) is -1.90. The molecule has 13 nitrogen and oxygen atoms in total. The number of aliphatic imine (C=N–C) groups is 1. The molecule has 2 amide bonds. The van der Waals surface area contributed by atoms with Crippen molar-refractivity contribution in [2.24, 2.45) is 4.99 Å². The summed E-state index contributed by atoms with van der Waals surface area (Å²) in [6.07, 6.45) is 4.28. The minimum atomic E-state index is -6.16. The number of amides is 2. The molecule has 2 unspecified atom stereocenters. The van der Waals surface area contributed by atoms with E-state index in [2.05, 4.69) is 23.8 Å². The highest BCUT2D eigenvalue weighted by Gasteiger charge is 2.56. The summed E-state index contributed by atoms with van der Waals surface area (Å²) in [5, 5.41) is 11.6. The first-order chi connectivity index (χ1) is 15.3. The number of carboxylic acids is 1. The summed E-state index contributed by atoms with van der Waals surface area (Å²) in [5.74, 6) is -5.22. The number of rotatable bonds is 6. The number of aromatic nitrogens is 2. The predicted octanol–water partition coefficient (Wildman–Crippen LogP) is -0.848. The number of carboxylic acid groups (broad SMARTS) is 1. The number of hydrogen-bond acceptors (Lipinski definition) is 11. The Bertz CT molecular complexity index is 1250. The number of halogens is 3. The third-order valence-corrected chi connectivity index (χ3v) is 5.95. The molecule has 0 bridgehead atoms. The molecule has 1 fully saturated rings. The van der Waals surface area contributed by atoms with Gasteiger partial charge in [-0.25, -0.2) is 4.79 Å². The Labute approximate surface area is 186 Å². The molecule has 18 heteroatoms. The number of β-lactam (4-membered cyclic amide) rings is 1. The lowest BCUT2D eigenvalue weighted by Crippen LogP contribution is -2.72. The minimum absolute atomic E-state index is 0.00160. The SMILES string of the molecule is C#CN=C(C(=O)NC1C(=O)N2C(C(=O)O)=C(OS(=O)(=O)C(F)(F)F)CCC12)c1nsc(N)n1. The number of nitrogens with one attached hydrogen (secondary N) is 1. The molecule has 33 heavy (non-hydrogen) atoms. The first-order valence-electron chi connectivity index (χ1n) is 8.52. The van der Waals surface area contributed by atoms with Crippen molar-refractivity contribution in [3.05, 3.63) is 17.3 Å². The molecule has 3 heterocycles. The highest BCUT2D eigenvalue weighted by atomic mass is 32.2. The Kier molecular flexibility index (Phi) is 6.04. The fourth-order valence-corrected chi connectivity index (χ4v) is 4.05. The van der Waals surface area contributed by atoms with Crippen molar-refractivity contribution in [1.82, 2.24) is 19.6 Å². The second kappa shape index (κ2) is 8.32. The van der Waals surface area contributed by atoms with Gasteiger partial charge in [-0.1, -0.05) is 6.42 Å². The molecule has 176 valence electrons. The van der Waals surface area contributed by atoms with Crippen molar-refractivity contribution in [1.29, 1.82) is 0 Å². The van der Waals surface area contributed by atoms with Gasteiger partial charge in [0.05, 0.1) is 6.04 Å². The zero-order valence-corrected chi connectivity index (χ0v) is 17.5. The van der Waals surface area contributed by atoms with Gasteiger partial charge in [0.15, 0.2) is 28.1 Å². The van der Waals surface area contributed by atoms with Gasteiger partial charge in [-0.15, -0.1) is 0 Å². The number of nitrogen functional groups attached to an aromatic ring is 1. The van der Waals surface area contributed by atoms with Crippen LogP contribution in [0.25, 0.3) is 0 Å². The number of aliphatic carboxylic acids is 1. The van der Waals surface area contributed by atoms with E-state index < -0.39 is 69.1 Å². The summed E-state index contributed by atoms with van der Waals surface area (Å²) >= 11 is 0.741. The van der Waals surface area contributed by atoms with Crippen LogP contribution in [0.5, 0.6) is 0 Å². The standard InChI is InChI=1S/C15H11F3N6O7S2/c1-2-20-8(10-22-14(19)32-23-10)11(25)21-7-5-3-4-6(31-33(29,30)15(16,17)18)9(13(27)28)24(5)12(7)26/h1,5,7H,3-4H2,(H,21,25)(H,27,28)(H2,19,22,23). The number of alkyl halides is 3. The first kappa shape index (κ1) is 23.9. The Morgan fingerprint density at radius 2 is 2.09 bits per heavy atom. The van der Waals surface area contributed by atoms with Gasteiger partial charge < -0.3 is 20.3 Å². The van der Waals surface area contributed by atoms with Crippen LogP contribution < -0.4 is 11.1 Å². The van der Waals surface area contributed by atoms with Crippen LogP contribution in [0.2, 0.25) is 0 Å². The van der Waals surface area contributed by atoms with Gasteiger partial charge >= 0.3 is 21.6 Å². The summed E-state index contributed by atoms with van der Waals surface area (Å²) in [6, 6.07) is -0.473. The van der Waals surface area contributed by atoms with E-state index in [-0.39, 0.29) is 17.4 Å². The van der Waals surface area contributed by atoms with Crippen molar-refractivity contribution in [3.8, 4) is 12.5 Å². The van der Waals surface area contributed by atoms with E-state index in [9.17, 15) is 41.1 Å². The molecule has 1 saturated heterocycles. The van der Waals surface area contributed by atoms with E-state index in [1.807, 2.05) is 6.04 Å². The number of terminal acetylenes is 1. The molecule has 3 rings (SSSR count). The summed E-state index contributed by atoms with van der Waals surface area (Å²) < 4.78 is 68.1. The van der Waals surface area contributed by atoms with Gasteiger partial charge in [0.1, 0.15) is 6.04 Å². The predicted molar refractivity (Wildman–Crippen MR) is 102 cm³/mol. The molecule has 2 aliphatic heterocycles. The number of fused-ring (bicyclic) bond motifs is 1. The van der Waals surface area contributed by atoms with Gasteiger partial charge in [0.25, 0.3) is 11.8 Å². The number of nitrogens with two attached hydrogens (primary N) is 1. The molecule has 0 spiro atoms. The highest BCUT2D eigenvalue weighted by molar-refractivity contribution is 7.87. The molecule has 0 radical (unpaired) electrons. The van der Waals surface area contributed by atoms with Gasteiger partial charge in [0.2, 0.25) is 0 Å². The lowest BCUT2D eigenvalue weighted by atomic mass is 9.85. The third-order valence-electron chi connectivity index (χ3n) is 4.42. The molecule has 2 aliphatic rings. The van der Waals surface area contributed by atoms with E-state index in [1.165, 1.54) is 0 Å². The molecular weight excluding hydrogens is 497 g/mol. The number of allylic oxidation sites excluding steroid dienone is 1. The van der Waals surface area contributed by atoms with E-state index in [0.717, 1.165) is 11.5 Å². The van der Waals surface area contributed by atoms with Gasteiger partial charge in [0, 0.05) is 24.0 Å². The van der Waals surface area contributed by atoms with Gasteiger partial charge in [-0.05, 0) is 6.42 Å². The topological polar surface area (TPSA) is 194 Å².